The number of methoxy groups -OCH3 is 2. The summed E-state index contributed by atoms with van der Waals surface area (Å²) in [5.41, 5.74) is 2.14. The number of nitrogens with one attached hydrogen (secondary N) is 2. The van der Waals surface area contributed by atoms with E-state index in [1.165, 1.54) is 18.4 Å². The maximum absolute atomic E-state index is 11.9. The van der Waals surface area contributed by atoms with Crippen LogP contribution in [0.25, 0.3) is 11.3 Å². The minimum Gasteiger partial charge on any atom is -0.497 e. The van der Waals surface area contributed by atoms with Crippen molar-refractivity contribution in [2.75, 3.05) is 19.5 Å². The van der Waals surface area contributed by atoms with Crippen LogP contribution in [0.3, 0.4) is 0 Å². The lowest BCUT2D eigenvalue weighted by molar-refractivity contribution is 0.413. The fourth-order valence-electron chi connectivity index (χ4n) is 2.55. The summed E-state index contributed by atoms with van der Waals surface area (Å²) in [7, 11) is 3.05. The zero-order valence-electron chi connectivity index (χ0n) is 14.4. The monoisotopic (exact) mass is 368 g/mol. The third-order valence-electron chi connectivity index (χ3n) is 3.77. The van der Waals surface area contributed by atoms with Crippen molar-refractivity contribution in [2.45, 2.75) is 6.92 Å². The third-order valence-corrected chi connectivity index (χ3v) is 4.53. The van der Waals surface area contributed by atoms with Crippen molar-refractivity contribution in [2.24, 2.45) is 0 Å². The van der Waals surface area contributed by atoms with Crippen molar-refractivity contribution < 1.29 is 9.47 Å². The molecule has 8 heteroatoms. The maximum atomic E-state index is 11.9. The Morgan fingerprint density at radius 2 is 1.96 bits per heavy atom. The molecule has 132 valence electrons. The van der Waals surface area contributed by atoms with E-state index in [0.717, 1.165) is 11.4 Å². The highest BCUT2D eigenvalue weighted by atomic mass is 32.1. The number of hydrogen-bond donors (Lipinski definition) is 2. The first-order valence-corrected chi connectivity index (χ1v) is 8.53. The molecule has 2 N–H and O–H groups in total. The number of aromatic nitrogens is 2. The number of pyridine rings is 1. The molecule has 0 saturated carbocycles. The number of nitrogens with zero attached hydrogens (tertiary/aromatic N) is 2. The molecule has 0 aliphatic rings. The van der Waals surface area contributed by atoms with Crippen LogP contribution < -0.4 is 20.3 Å². The number of aromatic amines is 1. The Hall–Kier alpha value is -3.31. The number of thiazole rings is 1. The molecule has 0 saturated heterocycles. The number of H-pyrrole nitrogens is 1. The molecule has 0 aliphatic heterocycles. The van der Waals surface area contributed by atoms with Crippen LogP contribution in [0, 0.1) is 18.3 Å². The van der Waals surface area contributed by atoms with Crippen LogP contribution in [0.1, 0.15) is 11.3 Å². The van der Waals surface area contributed by atoms with Crippen molar-refractivity contribution in [3.05, 3.63) is 51.3 Å². The minimum atomic E-state index is -0.475. The molecule has 26 heavy (non-hydrogen) atoms. The minimum absolute atomic E-state index is 0.0641. The molecule has 0 atom stereocenters. The highest BCUT2D eigenvalue weighted by molar-refractivity contribution is 7.14. The van der Waals surface area contributed by atoms with E-state index in [9.17, 15) is 10.1 Å². The summed E-state index contributed by atoms with van der Waals surface area (Å²) in [4.78, 5) is 19.2. The first kappa shape index (κ1) is 17.5. The molecule has 0 bridgehead atoms. The second-order valence-corrected chi connectivity index (χ2v) is 6.22. The van der Waals surface area contributed by atoms with Crippen LogP contribution >= 0.6 is 11.3 Å². The lowest BCUT2D eigenvalue weighted by Crippen LogP contribution is -2.14. The Balaban J connectivity index is 1.97. The van der Waals surface area contributed by atoms with Crippen LogP contribution in [-0.2, 0) is 0 Å². The molecule has 0 amide bonds. The molecule has 1 aromatic carbocycles. The van der Waals surface area contributed by atoms with Gasteiger partial charge in [-0.25, -0.2) is 4.98 Å². The molecular weight excluding hydrogens is 352 g/mol. The van der Waals surface area contributed by atoms with Gasteiger partial charge < -0.3 is 19.8 Å². The van der Waals surface area contributed by atoms with Crippen LogP contribution in [0.4, 0.5) is 10.8 Å². The van der Waals surface area contributed by atoms with Crippen LogP contribution in [-0.4, -0.2) is 24.2 Å². The lowest BCUT2D eigenvalue weighted by Gasteiger charge is -2.10. The van der Waals surface area contributed by atoms with Gasteiger partial charge in [0.15, 0.2) is 16.4 Å². The summed E-state index contributed by atoms with van der Waals surface area (Å²) >= 11 is 1.41. The molecular formula is C18H16N4O3S. The first-order chi connectivity index (χ1) is 12.6. The number of aryl methyl sites for hydroxylation is 1. The van der Waals surface area contributed by atoms with E-state index < -0.39 is 5.56 Å². The lowest BCUT2D eigenvalue weighted by atomic mass is 10.1. The van der Waals surface area contributed by atoms with Gasteiger partial charge in [-0.1, -0.05) is 0 Å². The van der Waals surface area contributed by atoms with Gasteiger partial charge in [0.05, 0.1) is 25.5 Å². The Labute approximate surface area is 153 Å². The average molecular weight is 368 g/mol. The highest BCUT2D eigenvalue weighted by Gasteiger charge is 2.20. The van der Waals surface area contributed by atoms with Crippen molar-refractivity contribution in [1.82, 2.24) is 9.97 Å². The van der Waals surface area contributed by atoms with Crippen molar-refractivity contribution in [3.8, 4) is 28.8 Å². The zero-order valence-corrected chi connectivity index (χ0v) is 15.2. The molecule has 0 fully saturated rings. The van der Waals surface area contributed by atoms with Gasteiger partial charge in [-0.05, 0) is 31.2 Å². The zero-order chi connectivity index (χ0) is 18.7. The van der Waals surface area contributed by atoms with Crippen molar-refractivity contribution >= 4 is 22.2 Å². The molecule has 3 rings (SSSR count). The predicted octanol–water partition coefficient (Wildman–Crippen LogP) is 3.44. The molecule has 0 unspecified atom stereocenters. The standard InChI is InChI=1S/C18H16N4O3S/c1-10-15(16(25-3)13(8-19)17(23)20-10)14-9-26-18(22-14)21-11-4-6-12(24-2)7-5-11/h4-7,9H,1-3H3,(H,20,23)(H,21,22). The summed E-state index contributed by atoms with van der Waals surface area (Å²) in [6.07, 6.45) is 0. The normalized spacial score (nSPS) is 10.2. The Bertz CT molecular complexity index is 1030. The topological polar surface area (TPSA) is 100 Å². The van der Waals surface area contributed by atoms with Crippen molar-refractivity contribution in [3.63, 3.8) is 0 Å². The molecule has 0 spiro atoms. The van der Waals surface area contributed by atoms with Gasteiger partial charge in [-0.15, -0.1) is 11.3 Å². The fraction of sp³-hybridized carbons (Fsp3) is 0.167. The fourth-order valence-corrected chi connectivity index (χ4v) is 3.27. The molecule has 0 aliphatic carbocycles. The first-order valence-electron chi connectivity index (χ1n) is 7.65. The van der Waals surface area contributed by atoms with Crippen LogP contribution in [0.15, 0.2) is 34.4 Å². The number of rotatable bonds is 5. The van der Waals surface area contributed by atoms with E-state index in [2.05, 4.69) is 15.3 Å². The molecule has 2 aromatic heterocycles. The van der Waals surface area contributed by atoms with Crippen LogP contribution in [0.5, 0.6) is 11.5 Å². The summed E-state index contributed by atoms with van der Waals surface area (Å²) in [6.45, 7) is 1.75. The van der Waals surface area contributed by atoms with Gasteiger partial charge in [-0.2, -0.15) is 5.26 Å². The molecule has 3 aromatic rings. The van der Waals surface area contributed by atoms with E-state index >= 15 is 0 Å². The largest absolute Gasteiger partial charge is 0.497 e. The number of hydrogen-bond acceptors (Lipinski definition) is 7. The second kappa shape index (κ2) is 7.29. The van der Waals surface area contributed by atoms with Gasteiger partial charge in [0, 0.05) is 16.8 Å². The van der Waals surface area contributed by atoms with E-state index in [1.807, 2.05) is 35.7 Å². The van der Waals surface area contributed by atoms with Gasteiger partial charge in [-0.3, -0.25) is 4.79 Å². The summed E-state index contributed by atoms with van der Waals surface area (Å²) in [5, 5.41) is 15.0. The summed E-state index contributed by atoms with van der Waals surface area (Å²) in [5.74, 6) is 1.00. The smallest absolute Gasteiger partial charge is 0.269 e. The maximum Gasteiger partial charge on any atom is 0.269 e. The number of benzene rings is 1. The van der Waals surface area contributed by atoms with Gasteiger partial charge in [0.1, 0.15) is 11.8 Å². The van der Waals surface area contributed by atoms with Gasteiger partial charge in [0.2, 0.25) is 0 Å². The van der Waals surface area contributed by atoms with E-state index in [1.54, 1.807) is 14.0 Å². The van der Waals surface area contributed by atoms with Gasteiger partial charge in [0.25, 0.3) is 5.56 Å². The number of ether oxygens (including phenoxy) is 2. The quantitative estimate of drug-likeness (QED) is 0.715. The van der Waals surface area contributed by atoms with E-state index in [-0.39, 0.29) is 11.3 Å². The van der Waals surface area contributed by atoms with Gasteiger partial charge >= 0.3 is 0 Å². The third kappa shape index (κ3) is 3.25. The summed E-state index contributed by atoms with van der Waals surface area (Å²) < 4.78 is 10.5. The molecule has 2 heterocycles. The Morgan fingerprint density at radius 3 is 2.58 bits per heavy atom. The van der Waals surface area contributed by atoms with E-state index in [4.69, 9.17) is 9.47 Å². The summed E-state index contributed by atoms with van der Waals surface area (Å²) in [6, 6.07) is 9.37. The Kier molecular flexibility index (Phi) is 4.91. The predicted molar refractivity (Wildman–Crippen MR) is 100 cm³/mol. The SMILES string of the molecule is COc1ccc(Nc2nc(-c3c(C)[nH]c(=O)c(C#N)c3OC)cs2)cc1. The number of anilines is 2. The highest BCUT2D eigenvalue weighted by Crippen LogP contribution is 2.35. The average Bonchev–Trinajstić information content (AvgIpc) is 3.09. The Morgan fingerprint density at radius 1 is 1.23 bits per heavy atom. The second-order valence-electron chi connectivity index (χ2n) is 5.37. The number of nitriles is 1. The van der Waals surface area contributed by atoms with Crippen LogP contribution in [0.2, 0.25) is 0 Å². The van der Waals surface area contributed by atoms with E-state index in [0.29, 0.717) is 22.1 Å². The molecule has 7 nitrogen and oxygen atoms in total. The van der Waals surface area contributed by atoms with Crippen molar-refractivity contribution in [1.29, 1.82) is 5.26 Å². The molecule has 0 radical (unpaired) electrons.